The number of carbonyl (C=O) groups excluding carboxylic acids is 1. The molecule has 4 nitrogen and oxygen atoms in total. The van der Waals surface area contributed by atoms with Gasteiger partial charge in [0.05, 0.1) is 16.1 Å². The second kappa shape index (κ2) is 8.95. The molecule has 1 N–H and O–H groups in total. The Morgan fingerprint density at radius 2 is 2.07 bits per heavy atom. The van der Waals surface area contributed by atoms with Gasteiger partial charge in [0.2, 0.25) is 5.91 Å². The van der Waals surface area contributed by atoms with Crippen molar-refractivity contribution in [3.63, 3.8) is 0 Å². The number of piperidine rings is 1. The summed E-state index contributed by atoms with van der Waals surface area (Å²) in [7, 11) is 0. The normalized spacial score (nSPS) is 16.9. The molecule has 0 aliphatic carbocycles. The van der Waals surface area contributed by atoms with Crippen LogP contribution in [0.2, 0.25) is 0 Å². The van der Waals surface area contributed by atoms with Crippen molar-refractivity contribution in [2.24, 2.45) is 5.92 Å². The average Bonchev–Trinajstić information content (AvgIpc) is 3.16. The molecule has 1 aromatic heterocycles. The molecule has 152 valence electrons. The largest absolute Gasteiger partial charge is 0.356 e. The summed E-state index contributed by atoms with van der Waals surface area (Å²) < 4.78 is 1.24. The summed E-state index contributed by atoms with van der Waals surface area (Å²) in [4.78, 5) is 19.9. The minimum absolute atomic E-state index is 0.0512. The van der Waals surface area contributed by atoms with Gasteiger partial charge < -0.3 is 10.2 Å². The van der Waals surface area contributed by atoms with Gasteiger partial charge >= 0.3 is 0 Å². The molecule has 2 aromatic carbocycles. The van der Waals surface area contributed by atoms with Crippen molar-refractivity contribution in [1.29, 1.82) is 0 Å². The third-order valence-corrected chi connectivity index (χ3v) is 6.73. The van der Waals surface area contributed by atoms with E-state index in [1.54, 1.807) is 11.3 Å². The lowest BCUT2D eigenvalue weighted by Crippen LogP contribution is -2.43. The van der Waals surface area contributed by atoms with Crippen LogP contribution in [0.3, 0.4) is 0 Å². The quantitative estimate of drug-likeness (QED) is 0.593. The number of aryl methyl sites for hydroxylation is 3. The van der Waals surface area contributed by atoms with E-state index in [9.17, 15) is 4.79 Å². The zero-order valence-corrected chi connectivity index (χ0v) is 18.1. The van der Waals surface area contributed by atoms with Crippen LogP contribution in [0.15, 0.2) is 42.5 Å². The smallest absolute Gasteiger partial charge is 0.224 e. The van der Waals surface area contributed by atoms with Crippen molar-refractivity contribution in [3.8, 4) is 0 Å². The average molecular weight is 408 g/mol. The van der Waals surface area contributed by atoms with Crippen molar-refractivity contribution in [2.75, 3.05) is 24.5 Å². The molecule has 1 saturated heterocycles. The number of hydrogen-bond donors (Lipinski definition) is 1. The number of carbonyl (C=O) groups is 1. The Morgan fingerprint density at radius 3 is 2.90 bits per heavy atom. The first kappa shape index (κ1) is 19.9. The first-order valence-corrected chi connectivity index (χ1v) is 11.4. The highest BCUT2D eigenvalue weighted by Gasteiger charge is 2.27. The molecule has 0 radical (unpaired) electrons. The van der Waals surface area contributed by atoms with Crippen LogP contribution in [-0.4, -0.2) is 30.5 Å². The fraction of sp³-hybridized carbons (Fsp3) is 0.417. The Labute approximate surface area is 177 Å². The van der Waals surface area contributed by atoms with Gasteiger partial charge in [-0.15, -0.1) is 0 Å². The Kier molecular flexibility index (Phi) is 6.14. The molecule has 1 aliphatic heterocycles. The molecule has 0 bridgehead atoms. The predicted molar refractivity (Wildman–Crippen MR) is 122 cm³/mol. The highest BCUT2D eigenvalue weighted by atomic mass is 32.1. The van der Waals surface area contributed by atoms with Gasteiger partial charge in [-0.1, -0.05) is 47.7 Å². The fourth-order valence-electron chi connectivity index (χ4n) is 4.15. The van der Waals surface area contributed by atoms with E-state index in [1.807, 2.05) is 6.07 Å². The van der Waals surface area contributed by atoms with Crippen molar-refractivity contribution in [2.45, 2.75) is 39.5 Å². The summed E-state index contributed by atoms with van der Waals surface area (Å²) in [6, 6.07) is 14.8. The standard InChI is InChI=1S/C24H29N3OS/c1-17-14-18(2)22-21(15-17)29-24(26-22)27-13-7-11-20(16-27)23(28)25-12-6-10-19-8-4-3-5-9-19/h3-5,8-9,14-15,20H,6-7,10-13,16H2,1-2H3,(H,25,28)/t20-/m0/s1. The van der Waals surface area contributed by atoms with Crippen LogP contribution >= 0.6 is 11.3 Å². The predicted octanol–water partition coefficient (Wildman–Crippen LogP) is 4.88. The lowest BCUT2D eigenvalue weighted by molar-refractivity contribution is -0.125. The van der Waals surface area contributed by atoms with E-state index < -0.39 is 0 Å². The highest BCUT2D eigenvalue weighted by Crippen LogP contribution is 2.33. The SMILES string of the molecule is Cc1cc(C)c2nc(N3CCC[C@H](C(=O)NCCCc4ccccc4)C3)sc2c1. The summed E-state index contributed by atoms with van der Waals surface area (Å²) in [6.07, 6.45) is 3.98. The zero-order valence-electron chi connectivity index (χ0n) is 17.3. The molecular weight excluding hydrogens is 378 g/mol. The van der Waals surface area contributed by atoms with E-state index in [0.717, 1.165) is 56.0 Å². The van der Waals surface area contributed by atoms with Crippen molar-refractivity contribution in [3.05, 3.63) is 59.2 Å². The number of anilines is 1. The molecule has 1 fully saturated rings. The van der Waals surface area contributed by atoms with Gasteiger partial charge in [0.25, 0.3) is 0 Å². The molecule has 4 rings (SSSR count). The first-order valence-electron chi connectivity index (χ1n) is 10.5. The maximum Gasteiger partial charge on any atom is 0.224 e. The molecule has 0 spiro atoms. The van der Waals surface area contributed by atoms with E-state index in [2.05, 4.69) is 60.5 Å². The Hall–Kier alpha value is -2.40. The van der Waals surface area contributed by atoms with E-state index in [0.29, 0.717) is 0 Å². The topological polar surface area (TPSA) is 45.2 Å². The number of nitrogens with one attached hydrogen (secondary N) is 1. The number of benzene rings is 2. The van der Waals surface area contributed by atoms with Crippen LogP contribution < -0.4 is 10.2 Å². The molecule has 5 heteroatoms. The van der Waals surface area contributed by atoms with Crippen LogP contribution in [0.5, 0.6) is 0 Å². The summed E-state index contributed by atoms with van der Waals surface area (Å²) >= 11 is 1.75. The number of nitrogens with zero attached hydrogens (tertiary/aromatic N) is 2. The molecule has 1 atom stereocenters. The number of rotatable bonds is 6. The summed E-state index contributed by atoms with van der Waals surface area (Å²) in [5, 5.41) is 4.21. The summed E-state index contributed by atoms with van der Waals surface area (Å²) in [5.41, 5.74) is 4.93. The molecule has 3 aromatic rings. The number of amides is 1. The number of fused-ring (bicyclic) bond motifs is 1. The van der Waals surface area contributed by atoms with Crippen LogP contribution in [0, 0.1) is 19.8 Å². The Balaban J connectivity index is 1.33. The monoisotopic (exact) mass is 407 g/mol. The molecular formula is C24H29N3OS. The number of hydrogen-bond acceptors (Lipinski definition) is 4. The number of aromatic nitrogens is 1. The van der Waals surface area contributed by atoms with Gasteiger partial charge in [0, 0.05) is 19.6 Å². The molecule has 29 heavy (non-hydrogen) atoms. The van der Waals surface area contributed by atoms with E-state index in [4.69, 9.17) is 4.98 Å². The second-order valence-electron chi connectivity index (χ2n) is 8.09. The van der Waals surface area contributed by atoms with Gasteiger partial charge in [-0.25, -0.2) is 4.98 Å². The third-order valence-electron chi connectivity index (χ3n) is 5.67. The lowest BCUT2D eigenvalue weighted by Gasteiger charge is -2.31. The van der Waals surface area contributed by atoms with Gasteiger partial charge in [0.15, 0.2) is 5.13 Å². The third kappa shape index (κ3) is 4.78. The Bertz CT molecular complexity index is 982. The maximum atomic E-state index is 12.7. The zero-order chi connectivity index (χ0) is 20.2. The van der Waals surface area contributed by atoms with E-state index in [-0.39, 0.29) is 11.8 Å². The van der Waals surface area contributed by atoms with E-state index in [1.165, 1.54) is 21.4 Å². The van der Waals surface area contributed by atoms with E-state index >= 15 is 0 Å². The van der Waals surface area contributed by atoms with Crippen LogP contribution in [-0.2, 0) is 11.2 Å². The minimum Gasteiger partial charge on any atom is -0.356 e. The van der Waals surface area contributed by atoms with Crippen molar-refractivity contribution in [1.82, 2.24) is 10.3 Å². The summed E-state index contributed by atoms with van der Waals surface area (Å²) in [6.45, 7) is 6.74. The number of thiazole rings is 1. The van der Waals surface area contributed by atoms with Gasteiger partial charge in [-0.2, -0.15) is 0 Å². The first-order chi connectivity index (χ1) is 14.1. The van der Waals surface area contributed by atoms with Gasteiger partial charge in [-0.05, 0) is 62.3 Å². The highest BCUT2D eigenvalue weighted by molar-refractivity contribution is 7.22. The molecule has 2 heterocycles. The van der Waals surface area contributed by atoms with Crippen LogP contribution in [0.25, 0.3) is 10.2 Å². The van der Waals surface area contributed by atoms with Gasteiger partial charge in [0.1, 0.15) is 0 Å². The molecule has 0 saturated carbocycles. The fourth-order valence-corrected chi connectivity index (χ4v) is 5.33. The lowest BCUT2D eigenvalue weighted by atomic mass is 9.97. The molecule has 1 aliphatic rings. The van der Waals surface area contributed by atoms with Crippen molar-refractivity contribution < 1.29 is 4.79 Å². The van der Waals surface area contributed by atoms with Crippen LogP contribution in [0.4, 0.5) is 5.13 Å². The second-order valence-corrected chi connectivity index (χ2v) is 9.10. The van der Waals surface area contributed by atoms with Gasteiger partial charge in [-0.3, -0.25) is 4.79 Å². The Morgan fingerprint density at radius 1 is 1.24 bits per heavy atom. The van der Waals surface area contributed by atoms with Crippen LogP contribution in [0.1, 0.15) is 36.0 Å². The molecule has 1 amide bonds. The maximum absolute atomic E-state index is 12.7. The minimum atomic E-state index is 0.0512. The van der Waals surface area contributed by atoms with Crippen molar-refractivity contribution >= 4 is 32.6 Å². The summed E-state index contributed by atoms with van der Waals surface area (Å²) in [5.74, 6) is 0.242. The molecule has 0 unspecified atom stereocenters.